The lowest BCUT2D eigenvalue weighted by Crippen LogP contribution is -1.89. The van der Waals surface area contributed by atoms with Crippen molar-refractivity contribution in [2.24, 2.45) is 0 Å². The third kappa shape index (κ3) is 1.97. The summed E-state index contributed by atoms with van der Waals surface area (Å²) in [5.74, 6) is 1.22. The highest BCUT2D eigenvalue weighted by molar-refractivity contribution is 6.31. The van der Waals surface area contributed by atoms with Crippen molar-refractivity contribution in [3.05, 3.63) is 47.2 Å². The van der Waals surface area contributed by atoms with Crippen LogP contribution in [-0.2, 0) is 0 Å². The first kappa shape index (κ1) is 8.61. The summed E-state index contributed by atoms with van der Waals surface area (Å²) >= 11 is 5.94. The molecule has 0 aliphatic carbocycles. The average molecular weight is 167 g/mol. The molecule has 0 nitrogen and oxygen atoms in total. The van der Waals surface area contributed by atoms with E-state index in [0.717, 1.165) is 16.1 Å². The molecular weight excluding hydrogens is 156 g/mol. The summed E-state index contributed by atoms with van der Waals surface area (Å²) in [5.41, 5.74) is 2.10. The van der Waals surface area contributed by atoms with E-state index < -0.39 is 0 Å². The van der Waals surface area contributed by atoms with Crippen LogP contribution in [0, 0.1) is 12.8 Å². The molecule has 0 amide bonds. The van der Waals surface area contributed by atoms with Gasteiger partial charge in [0.2, 0.25) is 0 Å². The molecule has 0 heterocycles. The largest absolute Gasteiger partial charge is 0.0840 e. The Balaban J connectivity index is 3.13. The minimum atomic E-state index is 0.803. The van der Waals surface area contributed by atoms with Gasteiger partial charge in [-0.2, -0.15) is 0 Å². The Hall–Kier alpha value is -0.490. The highest BCUT2D eigenvalue weighted by atomic mass is 35.5. The van der Waals surface area contributed by atoms with Gasteiger partial charge in [-0.05, 0) is 24.1 Å². The fraction of sp³-hybridized carbons (Fsp3) is 0.200. The zero-order valence-corrected chi connectivity index (χ0v) is 7.57. The highest BCUT2D eigenvalue weighted by Gasteiger charge is 2.04. The predicted octanol–water partition coefficient (Wildman–Crippen LogP) is 3.48. The summed E-state index contributed by atoms with van der Waals surface area (Å²) in [6, 6.07) is 5.79. The second-order valence-electron chi connectivity index (χ2n) is 2.81. The van der Waals surface area contributed by atoms with E-state index in [1.165, 1.54) is 5.92 Å². The van der Waals surface area contributed by atoms with Crippen LogP contribution in [0.25, 0.3) is 0 Å². The van der Waals surface area contributed by atoms with Crippen molar-refractivity contribution in [1.29, 1.82) is 0 Å². The molecular formula is C10H11Cl. The zero-order valence-electron chi connectivity index (χ0n) is 6.82. The van der Waals surface area contributed by atoms with Crippen LogP contribution in [0.5, 0.6) is 0 Å². The molecule has 2 radical (unpaired) electrons. The molecule has 0 saturated carbocycles. The molecule has 1 aromatic rings. The summed E-state index contributed by atoms with van der Waals surface area (Å²) in [5, 5.41) is 0.803. The van der Waals surface area contributed by atoms with Gasteiger partial charge in [-0.1, -0.05) is 37.6 Å². The molecule has 0 N–H and O–H groups in total. The molecule has 0 fully saturated rings. The second kappa shape index (κ2) is 3.27. The van der Waals surface area contributed by atoms with Gasteiger partial charge in [0.15, 0.2) is 0 Å². The Labute approximate surface area is 73.2 Å². The van der Waals surface area contributed by atoms with Crippen LogP contribution in [-0.4, -0.2) is 0 Å². The Morgan fingerprint density at radius 1 is 1.36 bits per heavy atom. The SMILES string of the molecule is [CH2]c1ccc(Cl)c([C](C)C)c1. The molecule has 0 atom stereocenters. The van der Waals surface area contributed by atoms with Crippen molar-refractivity contribution >= 4 is 11.6 Å². The average Bonchev–Trinajstić information content (AvgIpc) is 1.94. The molecule has 0 unspecified atom stereocenters. The molecule has 0 aromatic heterocycles. The zero-order chi connectivity index (χ0) is 8.43. The van der Waals surface area contributed by atoms with Gasteiger partial charge in [0, 0.05) is 10.9 Å². The van der Waals surface area contributed by atoms with E-state index in [4.69, 9.17) is 11.6 Å². The molecule has 0 aliphatic heterocycles. The van der Waals surface area contributed by atoms with Gasteiger partial charge < -0.3 is 0 Å². The van der Waals surface area contributed by atoms with Crippen molar-refractivity contribution in [2.45, 2.75) is 13.8 Å². The standard InChI is InChI=1S/C10H11Cl/c1-7(2)9-6-8(3)4-5-10(9)11/h4-6H,3H2,1-2H3. The Kier molecular flexibility index (Phi) is 2.56. The van der Waals surface area contributed by atoms with Gasteiger partial charge >= 0.3 is 0 Å². The van der Waals surface area contributed by atoms with Crippen LogP contribution >= 0.6 is 11.6 Å². The van der Waals surface area contributed by atoms with Crippen LogP contribution in [0.2, 0.25) is 5.02 Å². The number of halogens is 1. The third-order valence-corrected chi connectivity index (χ3v) is 1.90. The first-order chi connectivity index (χ1) is 5.11. The second-order valence-corrected chi connectivity index (χ2v) is 3.22. The van der Waals surface area contributed by atoms with Crippen molar-refractivity contribution in [3.63, 3.8) is 0 Å². The van der Waals surface area contributed by atoms with Crippen LogP contribution in [0.3, 0.4) is 0 Å². The quantitative estimate of drug-likeness (QED) is 0.599. The van der Waals surface area contributed by atoms with Crippen molar-refractivity contribution < 1.29 is 0 Å². The molecule has 0 bridgehead atoms. The van der Waals surface area contributed by atoms with Crippen molar-refractivity contribution in [2.75, 3.05) is 0 Å². The topological polar surface area (TPSA) is 0 Å². The Morgan fingerprint density at radius 3 is 2.45 bits per heavy atom. The lowest BCUT2D eigenvalue weighted by atomic mass is 10.0. The molecule has 11 heavy (non-hydrogen) atoms. The predicted molar refractivity (Wildman–Crippen MR) is 49.6 cm³/mol. The van der Waals surface area contributed by atoms with E-state index in [1.54, 1.807) is 0 Å². The lowest BCUT2D eigenvalue weighted by molar-refractivity contribution is 1.15. The summed E-state index contributed by atoms with van der Waals surface area (Å²) < 4.78 is 0. The van der Waals surface area contributed by atoms with Crippen molar-refractivity contribution in [3.8, 4) is 0 Å². The minimum absolute atomic E-state index is 0.803. The number of rotatable bonds is 1. The van der Waals surface area contributed by atoms with E-state index in [1.807, 2.05) is 32.0 Å². The fourth-order valence-corrected chi connectivity index (χ4v) is 1.26. The number of benzene rings is 1. The molecule has 1 heteroatoms. The van der Waals surface area contributed by atoms with E-state index in [0.29, 0.717) is 0 Å². The first-order valence-corrected chi connectivity index (χ1v) is 3.91. The molecule has 0 aliphatic rings. The van der Waals surface area contributed by atoms with Crippen LogP contribution in [0.15, 0.2) is 18.2 Å². The lowest BCUT2D eigenvalue weighted by Gasteiger charge is -2.07. The maximum Gasteiger partial charge on any atom is 0.0443 e. The maximum absolute atomic E-state index is 5.94. The molecule has 58 valence electrons. The van der Waals surface area contributed by atoms with E-state index >= 15 is 0 Å². The van der Waals surface area contributed by atoms with Gasteiger partial charge in [0.1, 0.15) is 0 Å². The van der Waals surface area contributed by atoms with E-state index in [-0.39, 0.29) is 0 Å². The Morgan fingerprint density at radius 2 is 2.00 bits per heavy atom. The van der Waals surface area contributed by atoms with Crippen LogP contribution in [0.1, 0.15) is 25.0 Å². The monoisotopic (exact) mass is 166 g/mol. The number of hydrogen-bond donors (Lipinski definition) is 0. The summed E-state index contributed by atoms with van der Waals surface area (Å²) in [6.45, 7) is 7.92. The first-order valence-electron chi connectivity index (χ1n) is 3.53. The minimum Gasteiger partial charge on any atom is -0.0840 e. The molecule has 0 saturated heterocycles. The van der Waals surface area contributed by atoms with Gasteiger partial charge in [0.25, 0.3) is 0 Å². The van der Waals surface area contributed by atoms with Crippen LogP contribution < -0.4 is 0 Å². The van der Waals surface area contributed by atoms with E-state index in [9.17, 15) is 0 Å². The maximum atomic E-state index is 5.94. The highest BCUT2D eigenvalue weighted by Crippen LogP contribution is 2.23. The summed E-state index contributed by atoms with van der Waals surface area (Å²) in [4.78, 5) is 0. The van der Waals surface area contributed by atoms with Crippen molar-refractivity contribution in [1.82, 2.24) is 0 Å². The molecule has 1 rings (SSSR count). The van der Waals surface area contributed by atoms with Gasteiger partial charge in [-0.15, -0.1) is 0 Å². The van der Waals surface area contributed by atoms with Gasteiger partial charge in [0.05, 0.1) is 0 Å². The van der Waals surface area contributed by atoms with Gasteiger partial charge in [-0.25, -0.2) is 0 Å². The smallest absolute Gasteiger partial charge is 0.0443 e. The van der Waals surface area contributed by atoms with Gasteiger partial charge in [-0.3, -0.25) is 0 Å². The molecule has 1 aromatic carbocycles. The summed E-state index contributed by atoms with van der Waals surface area (Å²) in [7, 11) is 0. The van der Waals surface area contributed by atoms with E-state index in [2.05, 4.69) is 6.92 Å². The normalized spacial score (nSPS) is 10.6. The van der Waals surface area contributed by atoms with Crippen LogP contribution in [0.4, 0.5) is 0 Å². The molecule has 0 spiro atoms. The third-order valence-electron chi connectivity index (χ3n) is 1.57. The summed E-state index contributed by atoms with van der Waals surface area (Å²) in [6.07, 6.45) is 0. The fourth-order valence-electron chi connectivity index (χ4n) is 0.956. The Bertz CT molecular complexity index is 251. The number of hydrogen-bond acceptors (Lipinski definition) is 0.